The van der Waals surface area contributed by atoms with E-state index in [0.717, 1.165) is 0 Å². The molecule has 0 fully saturated rings. The molecule has 0 atom stereocenters. The summed E-state index contributed by atoms with van der Waals surface area (Å²) in [6.07, 6.45) is 0. The average Bonchev–Trinajstić information content (AvgIpc) is 2.65. The van der Waals surface area contributed by atoms with Gasteiger partial charge in [0.1, 0.15) is 0 Å². The molecule has 0 spiro atoms. The van der Waals surface area contributed by atoms with Gasteiger partial charge < -0.3 is 0 Å². The van der Waals surface area contributed by atoms with Crippen molar-refractivity contribution in [2.45, 2.75) is 0 Å². The van der Waals surface area contributed by atoms with Gasteiger partial charge in [0, 0.05) is 0 Å². The highest BCUT2D eigenvalue weighted by atomic mass is 14.8. The Morgan fingerprint density at radius 2 is 0.792 bits per heavy atom. The summed E-state index contributed by atoms with van der Waals surface area (Å²) in [4.78, 5) is 0. The maximum Gasteiger partial charge on any atom is -0.00201 e. The maximum absolute atomic E-state index is 2.33. The van der Waals surface area contributed by atoms with Crippen LogP contribution in [0.15, 0.2) is 84.9 Å². The number of hydrogen-bond donors (Lipinski definition) is 0. The molecular formula is C24H14. The molecule has 0 amide bonds. The van der Waals surface area contributed by atoms with Crippen LogP contribution < -0.4 is 0 Å². The molecule has 0 aliphatic carbocycles. The third-order valence-electron chi connectivity index (χ3n) is 5.35. The normalized spacial score (nSPS) is 12.2. The predicted octanol–water partition coefficient (Wildman–Crippen LogP) is 6.89. The second-order valence-electron chi connectivity index (χ2n) is 6.62. The highest BCUT2D eigenvalue weighted by Crippen LogP contribution is 2.40. The molecule has 110 valence electrons. The number of rotatable bonds is 0. The molecule has 0 aliphatic heterocycles. The summed E-state index contributed by atoms with van der Waals surface area (Å²) in [6.45, 7) is 0. The van der Waals surface area contributed by atoms with Gasteiger partial charge in [-0.15, -0.1) is 0 Å². The van der Waals surface area contributed by atoms with Gasteiger partial charge in [0.15, 0.2) is 0 Å². The van der Waals surface area contributed by atoms with Crippen molar-refractivity contribution in [1.82, 2.24) is 0 Å². The summed E-state index contributed by atoms with van der Waals surface area (Å²) >= 11 is 0. The third kappa shape index (κ3) is 1.43. The second-order valence-corrected chi connectivity index (χ2v) is 6.62. The Hall–Kier alpha value is -3.12. The second kappa shape index (κ2) is 4.24. The molecule has 0 radical (unpaired) electrons. The zero-order chi connectivity index (χ0) is 15.7. The van der Waals surface area contributed by atoms with E-state index in [1.54, 1.807) is 0 Å². The smallest absolute Gasteiger partial charge is 0.00201 e. The van der Waals surface area contributed by atoms with Gasteiger partial charge in [-0.25, -0.2) is 0 Å². The van der Waals surface area contributed by atoms with Gasteiger partial charge in [-0.3, -0.25) is 0 Å². The van der Waals surface area contributed by atoms with Crippen LogP contribution in [0.25, 0.3) is 53.9 Å². The van der Waals surface area contributed by atoms with E-state index in [4.69, 9.17) is 0 Å². The van der Waals surface area contributed by atoms with E-state index in [1.165, 1.54) is 53.9 Å². The van der Waals surface area contributed by atoms with Crippen LogP contribution in [0.5, 0.6) is 0 Å². The van der Waals surface area contributed by atoms with Crippen LogP contribution in [0.2, 0.25) is 0 Å². The lowest BCUT2D eigenvalue weighted by Gasteiger charge is -2.14. The van der Waals surface area contributed by atoms with Crippen LogP contribution in [-0.4, -0.2) is 0 Å². The molecule has 0 aromatic heterocycles. The summed E-state index contributed by atoms with van der Waals surface area (Å²) in [7, 11) is 0. The molecular weight excluding hydrogens is 300 g/mol. The molecule has 0 heterocycles. The van der Waals surface area contributed by atoms with Crippen molar-refractivity contribution in [2.24, 2.45) is 0 Å². The largest absolute Gasteiger partial charge is 0.0616 e. The predicted molar refractivity (Wildman–Crippen MR) is 105 cm³/mol. The quantitative estimate of drug-likeness (QED) is 0.211. The van der Waals surface area contributed by atoms with Gasteiger partial charge in [0.25, 0.3) is 0 Å². The molecule has 0 saturated heterocycles. The van der Waals surface area contributed by atoms with E-state index in [-0.39, 0.29) is 0 Å². The lowest BCUT2D eigenvalue weighted by molar-refractivity contribution is 1.78. The van der Waals surface area contributed by atoms with E-state index in [9.17, 15) is 0 Å². The highest BCUT2D eigenvalue weighted by molar-refractivity contribution is 6.32. The zero-order valence-electron chi connectivity index (χ0n) is 13.1. The Balaban J connectivity index is 2.00. The van der Waals surface area contributed by atoms with Crippen molar-refractivity contribution in [2.75, 3.05) is 0 Å². The summed E-state index contributed by atoms with van der Waals surface area (Å²) in [6, 6.07) is 31.2. The SMILES string of the molecule is c1cc2c3c(ccc4c3c1c[13c]1[13cH][13cH][13cH][13cH][13c]41)c[13c]1[13cH][13cH][13cH][13cH][13c]21. The van der Waals surface area contributed by atoms with E-state index in [0.29, 0.717) is 0 Å². The van der Waals surface area contributed by atoms with Gasteiger partial charge in [-0.2, -0.15) is 0 Å². The van der Waals surface area contributed by atoms with E-state index >= 15 is 0 Å². The van der Waals surface area contributed by atoms with Crippen LogP contribution in [-0.2, 0) is 0 Å². The van der Waals surface area contributed by atoms with Crippen LogP contribution in [0.1, 0.15) is 0 Å². The fraction of sp³-hybridized carbons (Fsp3) is 0. The minimum Gasteiger partial charge on any atom is -0.0616 e. The maximum atomic E-state index is 2.33. The van der Waals surface area contributed by atoms with Crippen LogP contribution in [0.3, 0.4) is 0 Å². The lowest BCUT2D eigenvalue weighted by atomic mass is 9.99. The van der Waals surface area contributed by atoms with Gasteiger partial charge in [-0.05, 0) is 66.0 Å². The van der Waals surface area contributed by atoms with Crippen molar-refractivity contribution in [3.05, 3.63) is 84.9 Å². The first-order chi connectivity index (χ1) is 11.9. The molecule has 6 rings (SSSR count). The topological polar surface area (TPSA) is 0 Å². The average molecular weight is 314 g/mol. The highest BCUT2D eigenvalue weighted by Gasteiger charge is 2.12. The van der Waals surface area contributed by atoms with Crippen LogP contribution in [0.4, 0.5) is 0 Å². The van der Waals surface area contributed by atoms with Gasteiger partial charge in [0.05, 0.1) is 0 Å². The van der Waals surface area contributed by atoms with Gasteiger partial charge in [-0.1, -0.05) is 72.8 Å². The van der Waals surface area contributed by atoms with Gasteiger partial charge in [0.2, 0.25) is 0 Å². The summed E-state index contributed by atoms with van der Waals surface area (Å²) < 4.78 is 0. The molecule has 24 heavy (non-hydrogen) atoms. The fourth-order valence-electron chi connectivity index (χ4n) is 4.31. The number of benzene rings is 6. The third-order valence-corrected chi connectivity index (χ3v) is 5.35. The van der Waals surface area contributed by atoms with Crippen molar-refractivity contribution < 1.29 is 0 Å². The van der Waals surface area contributed by atoms with Crippen molar-refractivity contribution in [3.8, 4) is 0 Å². The minimum absolute atomic E-state index is 1.31. The Morgan fingerprint density at radius 1 is 0.333 bits per heavy atom. The van der Waals surface area contributed by atoms with Crippen LogP contribution in [0, 0.1) is 0 Å². The first-order valence-corrected chi connectivity index (χ1v) is 8.38. The fourth-order valence-corrected chi connectivity index (χ4v) is 4.31. The first kappa shape index (κ1) is 12.3. The Morgan fingerprint density at radius 3 is 1.29 bits per heavy atom. The Kier molecular flexibility index (Phi) is 2.18. The Bertz CT molecular complexity index is 1280. The summed E-state index contributed by atoms with van der Waals surface area (Å²) in [5.41, 5.74) is 0. The number of hydrogen-bond acceptors (Lipinski definition) is 0. The minimum atomic E-state index is 1.31. The monoisotopic (exact) mass is 314 g/mol. The molecule has 0 heteroatoms. The van der Waals surface area contributed by atoms with E-state index in [2.05, 4.69) is 84.9 Å². The molecule has 0 saturated carbocycles. The van der Waals surface area contributed by atoms with Crippen molar-refractivity contribution in [3.63, 3.8) is 0 Å². The van der Waals surface area contributed by atoms with E-state index in [1.807, 2.05) is 0 Å². The molecule has 0 nitrogen and oxygen atoms in total. The number of fused-ring (bicyclic) bond motifs is 4. The molecule has 0 N–H and O–H groups in total. The Labute approximate surface area is 139 Å². The zero-order valence-corrected chi connectivity index (χ0v) is 13.1. The molecule has 6 aromatic carbocycles. The van der Waals surface area contributed by atoms with E-state index < -0.39 is 0 Å². The van der Waals surface area contributed by atoms with Gasteiger partial charge >= 0.3 is 0 Å². The standard InChI is InChI=1S/C24H14/c1-3-7-19-15(5-1)13-17-9-12-22-20-8-4-2-6-16(20)14-18-10-11-21(19)23(17)24(18)22/h1-14H/i1+1,2+1,3+1,4+1,5+1,6+1,7+1,8+1,15+1,16+1,19+1,20+1. The first-order valence-electron chi connectivity index (χ1n) is 8.38. The summed E-state index contributed by atoms with van der Waals surface area (Å²) in [5.74, 6) is 0. The molecule has 6 aromatic rings. The molecule has 0 unspecified atom stereocenters. The lowest BCUT2D eigenvalue weighted by Crippen LogP contribution is -1.87. The van der Waals surface area contributed by atoms with Crippen LogP contribution >= 0.6 is 0 Å². The molecule has 0 bridgehead atoms. The summed E-state index contributed by atoms with van der Waals surface area (Å²) in [5, 5.41) is 13.5. The molecule has 0 aliphatic rings. The van der Waals surface area contributed by atoms with Crippen molar-refractivity contribution in [1.29, 1.82) is 0 Å². The van der Waals surface area contributed by atoms with Crippen molar-refractivity contribution >= 4 is 53.9 Å².